The van der Waals surface area contributed by atoms with Crippen LogP contribution in [0.1, 0.15) is 16.9 Å². The number of carbonyl (C=O) groups excluding carboxylic acids is 1. The highest BCUT2D eigenvalue weighted by molar-refractivity contribution is 7.91. The lowest BCUT2D eigenvalue weighted by Gasteiger charge is -2.09. The minimum atomic E-state index is -3.04. The topological polar surface area (TPSA) is 79.0 Å². The van der Waals surface area contributed by atoms with Gasteiger partial charge in [-0.05, 0) is 18.6 Å². The molecule has 1 amide bonds. The van der Waals surface area contributed by atoms with Crippen LogP contribution in [0.3, 0.4) is 0 Å². The summed E-state index contributed by atoms with van der Waals surface area (Å²) < 4.78 is 36.2. The van der Waals surface area contributed by atoms with Gasteiger partial charge >= 0.3 is 0 Å². The Labute approximate surface area is 115 Å². The van der Waals surface area contributed by atoms with Crippen molar-refractivity contribution >= 4 is 26.6 Å². The van der Waals surface area contributed by atoms with Crippen LogP contribution in [0.2, 0.25) is 0 Å². The normalized spacial score (nSPS) is 21.1. The molecule has 7 heteroatoms. The first-order chi connectivity index (χ1) is 9.44. The Balaban J connectivity index is 1.81. The number of rotatable bonds is 2. The average Bonchev–Trinajstić information content (AvgIpc) is 2.94. The molecule has 2 aromatic rings. The molecule has 5 nitrogen and oxygen atoms in total. The zero-order chi connectivity index (χ0) is 14.3. The fraction of sp³-hybridized carbons (Fsp3) is 0.308. The van der Waals surface area contributed by atoms with E-state index in [2.05, 4.69) is 10.3 Å². The Morgan fingerprint density at radius 1 is 1.40 bits per heavy atom. The number of halogens is 1. The van der Waals surface area contributed by atoms with Crippen LogP contribution in [-0.4, -0.2) is 36.9 Å². The van der Waals surface area contributed by atoms with Gasteiger partial charge < -0.3 is 10.3 Å². The number of benzene rings is 1. The average molecular weight is 296 g/mol. The number of fused-ring (bicyclic) bond motifs is 1. The zero-order valence-electron chi connectivity index (χ0n) is 10.5. The third-order valence-corrected chi connectivity index (χ3v) is 5.19. The van der Waals surface area contributed by atoms with E-state index in [1.165, 1.54) is 6.07 Å². The highest BCUT2D eigenvalue weighted by atomic mass is 32.2. The molecule has 1 fully saturated rings. The first-order valence-electron chi connectivity index (χ1n) is 6.23. The number of nitrogens with one attached hydrogen (secondary N) is 2. The molecule has 1 saturated heterocycles. The molecular formula is C13H13FN2O3S. The second kappa shape index (κ2) is 4.59. The van der Waals surface area contributed by atoms with Crippen molar-refractivity contribution in [1.82, 2.24) is 10.3 Å². The van der Waals surface area contributed by atoms with Gasteiger partial charge in [-0.15, -0.1) is 0 Å². The summed E-state index contributed by atoms with van der Waals surface area (Å²) in [5, 5.41) is 3.27. The van der Waals surface area contributed by atoms with Gasteiger partial charge in [0.1, 0.15) is 11.5 Å². The van der Waals surface area contributed by atoms with Crippen molar-refractivity contribution in [3.05, 3.63) is 35.8 Å². The molecule has 0 aliphatic carbocycles. The van der Waals surface area contributed by atoms with Gasteiger partial charge in [0.05, 0.1) is 17.0 Å². The third-order valence-electron chi connectivity index (χ3n) is 3.42. The van der Waals surface area contributed by atoms with Gasteiger partial charge in [0.2, 0.25) is 0 Å². The van der Waals surface area contributed by atoms with E-state index in [9.17, 15) is 17.6 Å². The van der Waals surface area contributed by atoms with Gasteiger partial charge in [-0.1, -0.05) is 12.1 Å². The summed E-state index contributed by atoms with van der Waals surface area (Å²) in [5.74, 6) is -0.778. The minimum Gasteiger partial charge on any atom is -0.348 e. The number of sulfone groups is 1. The maximum Gasteiger partial charge on any atom is 0.267 e. The number of para-hydroxylation sites is 1. The molecule has 20 heavy (non-hydrogen) atoms. The van der Waals surface area contributed by atoms with Crippen molar-refractivity contribution in [3.63, 3.8) is 0 Å². The van der Waals surface area contributed by atoms with Crippen LogP contribution in [0, 0.1) is 5.82 Å². The predicted molar refractivity (Wildman–Crippen MR) is 72.8 cm³/mol. The molecule has 0 spiro atoms. The summed E-state index contributed by atoms with van der Waals surface area (Å²) in [6.45, 7) is 0. The third kappa shape index (κ3) is 2.40. The molecule has 1 aliphatic heterocycles. The Kier molecular flexibility index (Phi) is 3.01. The summed E-state index contributed by atoms with van der Waals surface area (Å²) in [6.07, 6.45) is 0.419. The second-order valence-corrected chi connectivity index (χ2v) is 7.19. The fourth-order valence-corrected chi connectivity index (χ4v) is 4.09. The molecule has 0 bridgehead atoms. The van der Waals surface area contributed by atoms with Crippen molar-refractivity contribution in [2.24, 2.45) is 0 Å². The molecule has 1 unspecified atom stereocenters. The summed E-state index contributed by atoms with van der Waals surface area (Å²) >= 11 is 0. The Hall–Kier alpha value is -1.89. The van der Waals surface area contributed by atoms with E-state index in [1.807, 2.05) is 0 Å². The molecule has 2 N–H and O–H groups in total. The van der Waals surface area contributed by atoms with Gasteiger partial charge in [0, 0.05) is 11.4 Å². The van der Waals surface area contributed by atoms with Crippen molar-refractivity contribution in [3.8, 4) is 0 Å². The Morgan fingerprint density at radius 2 is 2.20 bits per heavy atom. The summed E-state index contributed by atoms with van der Waals surface area (Å²) in [4.78, 5) is 14.8. The zero-order valence-corrected chi connectivity index (χ0v) is 11.3. The van der Waals surface area contributed by atoms with Crippen LogP contribution in [0.5, 0.6) is 0 Å². The number of aromatic nitrogens is 1. The quantitative estimate of drug-likeness (QED) is 0.874. The highest BCUT2D eigenvalue weighted by Crippen LogP contribution is 2.19. The number of aromatic amines is 1. The Bertz CT molecular complexity index is 782. The first kappa shape index (κ1) is 13.1. The van der Waals surface area contributed by atoms with Gasteiger partial charge in [-0.25, -0.2) is 12.8 Å². The molecule has 0 radical (unpaired) electrons. The van der Waals surface area contributed by atoms with Crippen molar-refractivity contribution in [1.29, 1.82) is 0 Å². The first-order valence-corrected chi connectivity index (χ1v) is 8.05. The molecule has 3 rings (SSSR count). The van der Waals surface area contributed by atoms with E-state index >= 15 is 0 Å². The van der Waals surface area contributed by atoms with Crippen molar-refractivity contribution < 1.29 is 17.6 Å². The highest BCUT2D eigenvalue weighted by Gasteiger charge is 2.29. The summed E-state index contributed by atoms with van der Waals surface area (Å²) in [6, 6.07) is 5.76. The van der Waals surface area contributed by atoms with Gasteiger partial charge in [0.25, 0.3) is 5.91 Å². The SMILES string of the molecule is O=C(NC1CCS(=O)(=O)C1)c1cc2cccc(F)c2[nH]1. The standard InChI is InChI=1S/C13H13FN2O3S/c14-10-3-1-2-8-6-11(16-12(8)10)13(17)15-9-4-5-20(18,19)7-9/h1-3,6,9,16H,4-5,7H2,(H,15,17). The number of amides is 1. The second-order valence-electron chi connectivity index (χ2n) is 4.96. The molecule has 2 heterocycles. The number of H-pyrrole nitrogens is 1. The summed E-state index contributed by atoms with van der Waals surface area (Å²) in [5.41, 5.74) is 0.506. The lowest BCUT2D eigenvalue weighted by Crippen LogP contribution is -2.35. The van der Waals surface area contributed by atoms with Crippen LogP contribution >= 0.6 is 0 Å². The molecule has 1 aromatic heterocycles. The van der Waals surface area contributed by atoms with E-state index < -0.39 is 21.6 Å². The number of hydrogen-bond acceptors (Lipinski definition) is 3. The maximum absolute atomic E-state index is 13.5. The van der Waals surface area contributed by atoms with Crippen LogP contribution < -0.4 is 5.32 Å². The number of hydrogen-bond donors (Lipinski definition) is 2. The Morgan fingerprint density at radius 3 is 2.85 bits per heavy atom. The van der Waals surface area contributed by atoms with Gasteiger partial charge in [-0.2, -0.15) is 0 Å². The lowest BCUT2D eigenvalue weighted by molar-refractivity contribution is 0.0937. The molecular weight excluding hydrogens is 283 g/mol. The lowest BCUT2D eigenvalue weighted by atomic mass is 10.2. The van der Waals surface area contributed by atoms with Crippen LogP contribution in [0.15, 0.2) is 24.3 Å². The molecule has 1 aromatic carbocycles. The predicted octanol–water partition coefficient (Wildman–Crippen LogP) is 1.22. The van der Waals surface area contributed by atoms with Crippen LogP contribution in [0.25, 0.3) is 10.9 Å². The van der Waals surface area contributed by atoms with E-state index in [0.717, 1.165) is 0 Å². The monoisotopic (exact) mass is 296 g/mol. The molecule has 0 saturated carbocycles. The molecule has 1 atom stereocenters. The van der Waals surface area contributed by atoms with E-state index in [-0.39, 0.29) is 28.8 Å². The molecule has 1 aliphatic rings. The van der Waals surface area contributed by atoms with E-state index in [1.54, 1.807) is 18.2 Å². The molecule has 106 valence electrons. The van der Waals surface area contributed by atoms with Crippen molar-refractivity contribution in [2.75, 3.05) is 11.5 Å². The summed E-state index contributed by atoms with van der Waals surface area (Å²) in [7, 11) is -3.04. The number of carbonyl (C=O) groups is 1. The van der Waals surface area contributed by atoms with Gasteiger partial charge in [0.15, 0.2) is 9.84 Å². The smallest absolute Gasteiger partial charge is 0.267 e. The maximum atomic E-state index is 13.5. The van der Waals surface area contributed by atoms with E-state index in [0.29, 0.717) is 11.8 Å². The largest absolute Gasteiger partial charge is 0.348 e. The van der Waals surface area contributed by atoms with Crippen LogP contribution in [0.4, 0.5) is 4.39 Å². The van der Waals surface area contributed by atoms with Crippen LogP contribution in [-0.2, 0) is 9.84 Å². The van der Waals surface area contributed by atoms with E-state index in [4.69, 9.17) is 0 Å². The fourth-order valence-electron chi connectivity index (χ4n) is 2.41. The van der Waals surface area contributed by atoms with Gasteiger partial charge in [-0.3, -0.25) is 4.79 Å². The minimum absolute atomic E-state index is 0.0344. The van der Waals surface area contributed by atoms with Crippen molar-refractivity contribution in [2.45, 2.75) is 12.5 Å².